The third kappa shape index (κ3) is 4.84. The van der Waals surface area contributed by atoms with Gasteiger partial charge in [-0.15, -0.1) is 11.8 Å². The number of allylic oxidation sites excluding steroid dienone is 1. The highest BCUT2D eigenvalue weighted by molar-refractivity contribution is 9.13. The predicted molar refractivity (Wildman–Crippen MR) is 137 cm³/mol. The summed E-state index contributed by atoms with van der Waals surface area (Å²) in [6.07, 6.45) is 3.38. The molecule has 33 heavy (non-hydrogen) atoms. The summed E-state index contributed by atoms with van der Waals surface area (Å²) in [5, 5.41) is 0. The average molecular weight is 612 g/mol. The lowest BCUT2D eigenvalue weighted by molar-refractivity contribution is -0.143. The van der Waals surface area contributed by atoms with E-state index in [1.807, 2.05) is 30.5 Å². The topological polar surface area (TPSA) is 73.8 Å². The molecule has 0 amide bonds. The van der Waals surface area contributed by atoms with Crippen LogP contribution in [0, 0.1) is 0 Å². The van der Waals surface area contributed by atoms with E-state index in [1.165, 1.54) is 11.3 Å². The van der Waals surface area contributed by atoms with Gasteiger partial charge in [-0.05, 0) is 82.6 Å². The maximum absolute atomic E-state index is 13.6. The van der Waals surface area contributed by atoms with Gasteiger partial charge in [0.2, 0.25) is 0 Å². The standard InChI is InChI=1S/C23H20Br2N2O4S2/c1-11(2)30-22(29)18-12(3)26-23-27(19(18)13-5-7-15(32-4)8-6-13)21(28)17(33-23)10-14-9-16(24)20(25)31-14/h5-11,19H,1-4H3/b17-10+/t19-/m1/s1. The number of carbonyl (C=O) groups is 1. The van der Waals surface area contributed by atoms with Crippen molar-refractivity contribution < 1.29 is 13.9 Å². The van der Waals surface area contributed by atoms with Gasteiger partial charge < -0.3 is 9.15 Å². The number of ether oxygens (including phenoxy) is 1. The van der Waals surface area contributed by atoms with E-state index < -0.39 is 12.0 Å². The number of thioether (sulfide) groups is 1. The molecule has 0 spiro atoms. The van der Waals surface area contributed by atoms with E-state index >= 15 is 0 Å². The van der Waals surface area contributed by atoms with Crippen molar-refractivity contribution in [3.63, 3.8) is 0 Å². The van der Waals surface area contributed by atoms with Gasteiger partial charge in [0.25, 0.3) is 5.56 Å². The Balaban J connectivity index is 1.93. The van der Waals surface area contributed by atoms with Crippen LogP contribution in [-0.2, 0) is 9.53 Å². The molecule has 0 N–H and O–H groups in total. The van der Waals surface area contributed by atoms with Crippen molar-refractivity contribution in [3.8, 4) is 0 Å². The van der Waals surface area contributed by atoms with E-state index in [-0.39, 0.29) is 11.7 Å². The smallest absolute Gasteiger partial charge is 0.338 e. The quantitative estimate of drug-likeness (QED) is 0.299. The molecule has 0 bridgehead atoms. The number of hydrogen-bond acceptors (Lipinski definition) is 7. The second-order valence-corrected chi connectivity index (χ2v) is 11.0. The fourth-order valence-corrected chi connectivity index (χ4v) is 5.57. The molecule has 1 aliphatic heterocycles. The average Bonchev–Trinajstić information content (AvgIpc) is 3.24. The Bertz CT molecular complexity index is 1410. The zero-order valence-corrected chi connectivity index (χ0v) is 23.0. The van der Waals surface area contributed by atoms with Crippen molar-refractivity contribution in [2.75, 3.05) is 6.26 Å². The Labute approximate surface area is 215 Å². The van der Waals surface area contributed by atoms with Crippen molar-refractivity contribution in [1.82, 2.24) is 4.57 Å². The normalized spacial score (nSPS) is 16.2. The second-order valence-electron chi connectivity index (χ2n) is 7.58. The molecule has 3 heterocycles. The monoisotopic (exact) mass is 610 g/mol. The number of halogens is 2. The molecule has 3 aromatic rings. The SMILES string of the molecule is CSc1ccc([C@@H]2C(C(=O)OC(C)C)=C(C)N=c3s/c(=C/c4cc(Br)c(Br)o4)c(=O)n32)cc1. The summed E-state index contributed by atoms with van der Waals surface area (Å²) in [4.78, 5) is 32.9. The van der Waals surface area contributed by atoms with Crippen LogP contribution >= 0.6 is 55.0 Å². The minimum atomic E-state index is -0.638. The summed E-state index contributed by atoms with van der Waals surface area (Å²) in [5.74, 6) is 0.0495. The number of thiazole rings is 1. The van der Waals surface area contributed by atoms with Gasteiger partial charge in [0, 0.05) is 11.0 Å². The number of esters is 1. The summed E-state index contributed by atoms with van der Waals surface area (Å²) in [6.45, 7) is 5.37. The van der Waals surface area contributed by atoms with Crippen molar-refractivity contribution in [2.24, 2.45) is 4.99 Å². The zero-order valence-electron chi connectivity index (χ0n) is 18.2. The Morgan fingerprint density at radius 1 is 1.30 bits per heavy atom. The second kappa shape index (κ2) is 9.77. The van der Waals surface area contributed by atoms with Gasteiger partial charge in [0.15, 0.2) is 9.47 Å². The van der Waals surface area contributed by atoms with Gasteiger partial charge in [0.05, 0.1) is 32.4 Å². The predicted octanol–water partition coefficient (Wildman–Crippen LogP) is 5.03. The first-order chi connectivity index (χ1) is 15.7. The highest BCUT2D eigenvalue weighted by atomic mass is 79.9. The number of hydrogen-bond donors (Lipinski definition) is 0. The largest absolute Gasteiger partial charge is 0.459 e. The molecule has 0 saturated heterocycles. The Kier molecular flexibility index (Phi) is 7.18. The molecule has 0 fully saturated rings. The van der Waals surface area contributed by atoms with Crippen LogP contribution in [-0.4, -0.2) is 22.9 Å². The van der Waals surface area contributed by atoms with E-state index in [2.05, 4.69) is 36.9 Å². The van der Waals surface area contributed by atoms with Crippen LogP contribution in [0.2, 0.25) is 0 Å². The van der Waals surface area contributed by atoms with Crippen LogP contribution in [0.4, 0.5) is 0 Å². The van der Waals surface area contributed by atoms with E-state index in [4.69, 9.17) is 9.15 Å². The fourth-order valence-electron chi connectivity index (χ4n) is 3.53. The van der Waals surface area contributed by atoms with Gasteiger partial charge >= 0.3 is 5.97 Å². The Hall–Kier alpha value is -1.88. The minimum Gasteiger partial charge on any atom is -0.459 e. The number of benzene rings is 1. The lowest BCUT2D eigenvalue weighted by Crippen LogP contribution is -2.40. The lowest BCUT2D eigenvalue weighted by atomic mass is 9.96. The van der Waals surface area contributed by atoms with Crippen molar-refractivity contribution in [1.29, 1.82) is 0 Å². The number of carbonyl (C=O) groups excluding carboxylic acids is 1. The summed E-state index contributed by atoms with van der Waals surface area (Å²) in [7, 11) is 0. The molecule has 0 radical (unpaired) electrons. The first-order valence-electron chi connectivity index (χ1n) is 10.0. The van der Waals surface area contributed by atoms with Crippen LogP contribution in [0.1, 0.15) is 38.1 Å². The van der Waals surface area contributed by atoms with Gasteiger partial charge in [0.1, 0.15) is 5.76 Å². The van der Waals surface area contributed by atoms with Crippen LogP contribution in [0.25, 0.3) is 6.08 Å². The molecule has 1 atom stereocenters. The van der Waals surface area contributed by atoms with Gasteiger partial charge in [-0.2, -0.15) is 0 Å². The number of aromatic nitrogens is 1. The molecule has 2 aromatic heterocycles. The van der Waals surface area contributed by atoms with E-state index in [0.717, 1.165) is 14.9 Å². The number of fused-ring (bicyclic) bond motifs is 1. The van der Waals surface area contributed by atoms with E-state index in [9.17, 15) is 9.59 Å². The number of rotatable bonds is 5. The molecule has 0 saturated carbocycles. The van der Waals surface area contributed by atoms with Crippen molar-refractivity contribution >= 4 is 67.0 Å². The first-order valence-corrected chi connectivity index (χ1v) is 13.6. The molecule has 1 aromatic carbocycles. The molecule has 10 heteroatoms. The number of nitrogens with zero attached hydrogens (tertiary/aromatic N) is 2. The van der Waals surface area contributed by atoms with Gasteiger partial charge in [-0.3, -0.25) is 9.36 Å². The Morgan fingerprint density at radius 2 is 2.00 bits per heavy atom. The maximum Gasteiger partial charge on any atom is 0.338 e. The van der Waals surface area contributed by atoms with Crippen LogP contribution in [0.5, 0.6) is 0 Å². The molecule has 6 nitrogen and oxygen atoms in total. The van der Waals surface area contributed by atoms with Crippen molar-refractivity contribution in [3.05, 3.63) is 81.8 Å². The molecule has 0 aliphatic carbocycles. The van der Waals surface area contributed by atoms with Gasteiger partial charge in [-0.1, -0.05) is 23.5 Å². The van der Waals surface area contributed by atoms with Gasteiger partial charge in [-0.25, -0.2) is 9.79 Å². The van der Waals surface area contributed by atoms with E-state index in [1.54, 1.807) is 49.2 Å². The van der Waals surface area contributed by atoms with Crippen LogP contribution in [0.15, 0.2) is 69.8 Å². The molecule has 172 valence electrons. The summed E-state index contributed by atoms with van der Waals surface area (Å²) >= 11 is 9.59. The third-order valence-electron chi connectivity index (χ3n) is 4.95. The molecular formula is C23H20Br2N2O4S2. The number of furan rings is 1. The molecule has 1 aliphatic rings. The molecular weight excluding hydrogens is 592 g/mol. The summed E-state index contributed by atoms with van der Waals surface area (Å²) in [5.41, 5.74) is 1.47. The first kappa shape index (κ1) is 24.3. The third-order valence-corrected chi connectivity index (χ3v) is 8.39. The van der Waals surface area contributed by atoms with Crippen LogP contribution < -0.4 is 14.9 Å². The maximum atomic E-state index is 13.6. The van der Waals surface area contributed by atoms with E-state index in [0.29, 0.717) is 31.0 Å². The molecule has 4 rings (SSSR count). The highest BCUT2D eigenvalue weighted by Crippen LogP contribution is 2.32. The highest BCUT2D eigenvalue weighted by Gasteiger charge is 2.33. The van der Waals surface area contributed by atoms with Crippen molar-refractivity contribution in [2.45, 2.75) is 37.8 Å². The Morgan fingerprint density at radius 3 is 2.58 bits per heavy atom. The molecule has 0 unspecified atom stereocenters. The minimum absolute atomic E-state index is 0.247. The zero-order chi connectivity index (χ0) is 23.9. The fraction of sp³-hybridized carbons (Fsp3) is 0.261. The summed E-state index contributed by atoms with van der Waals surface area (Å²) in [6, 6.07) is 8.98. The summed E-state index contributed by atoms with van der Waals surface area (Å²) < 4.78 is 14.5. The lowest BCUT2D eigenvalue weighted by Gasteiger charge is -2.25. The van der Waals surface area contributed by atoms with Crippen LogP contribution in [0.3, 0.4) is 0 Å².